The van der Waals surface area contributed by atoms with E-state index in [1.165, 1.54) is 0 Å². The third-order valence-corrected chi connectivity index (χ3v) is 2.01. The molecule has 4 nitrogen and oxygen atoms in total. The van der Waals surface area contributed by atoms with E-state index >= 15 is 0 Å². The summed E-state index contributed by atoms with van der Waals surface area (Å²) in [5.74, 6) is 0. The SMILES string of the molecule is C[C@H](O)CN(C)CCC1OCCO1. The zero-order valence-corrected chi connectivity index (χ0v) is 8.40. The Morgan fingerprint density at radius 2 is 2.08 bits per heavy atom. The van der Waals surface area contributed by atoms with Crippen LogP contribution >= 0.6 is 0 Å². The highest BCUT2D eigenvalue weighted by Gasteiger charge is 2.16. The molecule has 0 aromatic rings. The Labute approximate surface area is 79.4 Å². The van der Waals surface area contributed by atoms with Gasteiger partial charge in [-0.15, -0.1) is 0 Å². The molecule has 78 valence electrons. The lowest BCUT2D eigenvalue weighted by atomic mass is 10.3. The first-order valence-corrected chi connectivity index (χ1v) is 4.78. The van der Waals surface area contributed by atoms with Crippen LogP contribution in [0.3, 0.4) is 0 Å². The molecule has 0 aliphatic carbocycles. The molecule has 1 fully saturated rings. The van der Waals surface area contributed by atoms with Crippen LogP contribution in [0.15, 0.2) is 0 Å². The maximum absolute atomic E-state index is 9.11. The van der Waals surface area contributed by atoms with Gasteiger partial charge in [0, 0.05) is 19.5 Å². The maximum Gasteiger partial charge on any atom is 0.159 e. The summed E-state index contributed by atoms with van der Waals surface area (Å²) in [6.07, 6.45) is 0.579. The number of hydrogen-bond donors (Lipinski definition) is 1. The normalized spacial score (nSPS) is 21.2. The average molecular weight is 189 g/mol. The number of aliphatic hydroxyl groups excluding tert-OH is 1. The zero-order chi connectivity index (χ0) is 9.68. The highest BCUT2D eigenvalue weighted by Crippen LogP contribution is 2.08. The first kappa shape index (κ1) is 10.9. The monoisotopic (exact) mass is 189 g/mol. The summed E-state index contributed by atoms with van der Waals surface area (Å²) in [4.78, 5) is 2.08. The van der Waals surface area contributed by atoms with Gasteiger partial charge in [0.1, 0.15) is 0 Å². The molecule has 1 N–H and O–H groups in total. The Hall–Kier alpha value is -0.160. The molecule has 0 amide bonds. The van der Waals surface area contributed by atoms with Crippen LogP contribution < -0.4 is 0 Å². The van der Waals surface area contributed by atoms with Crippen molar-refractivity contribution in [1.82, 2.24) is 4.90 Å². The van der Waals surface area contributed by atoms with Crippen molar-refractivity contribution in [3.63, 3.8) is 0 Å². The van der Waals surface area contributed by atoms with Crippen LogP contribution in [-0.4, -0.2) is 55.8 Å². The van der Waals surface area contributed by atoms with Crippen molar-refractivity contribution in [2.75, 3.05) is 33.4 Å². The van der Waals surface area contributed by atoms with Crippen molar-refractivity contribution < 1.29 is 14.6 Å². The Balaban J connectivity index is 2.03. The molecule has 0 unspecified atom stereocenters. The topological polar surface area (TPSA) is 41.9 Å². The van der Waals surface area contributed by atoms with E-state index in [2.05, 4.69) is 4.90 Å². The average Bonchev–Trinajstić information content (AvgIpc) is 2.51. The fourth-order valence-electron chi connectivity index (χ4n) is 1.44. The number of nitrogens with zero attached hydrogens (tertiary/aromatic N) is 1. The Morgan fingerprint density at radius 1 is 1.46 bits per heavy atom. The van der Waals surface area contributed by atoms with Crippen molar-refractivity contribution in [3.05, 3.63) is 0 Å². The molecule has 0 aromatic carbocycles. The quantitative estimate of drug-likeness (QED) is 0.664. The molecule has 0 radical (unpaired) electrons. The largest absolute Gasteiger partial charge is 0.392 e. The number of hydrogen-bond acceptors (Lipinski definition) is 4. The summed E-state index contributed by atoms with van der Waals surface area (Å²) in [5.41, 5.74) is 0. The van der Waals surface area contributed by atoms with Gasteiger partial charge in [0.25, 0.3) is 0 Å². The molecule has 13 heavy (non-hydrogen) atoms. The fraction of sp³-hybridized carbons (Fsp3) is 1.00. The zero-order valence-electron chi connectivity index (χ0n) is 8.40. The van der Waals surface area contributed by atoms with E-state index in [0.29, 0.717) is 19.8 Å². The van der Waals surface area contributed by atoms with Crippen molar-refractivity contribution in [1.29, 1.82) is 0 Å². The molecule has 1 atom stereocenters. The van der Waals surface area contributed by atoms with Crippen molar-refractivity contribution in [2.24, 2.45) is 0 Å². The lowest BCUT2D eigenvalue weighted by Gasteiger charge is -2.19. The molecule has 1 heterocycles. The Bertz CT molecular complexity index is 135. The standard InChI is InChI=1S/C9H19NO3/c1-8(11)7-10(2)4-3-9-12-5-6-13-9/h8-9,11H,3-7H2,1-2H3/t8-/m0/s1. The van der Waals surface area contributed by atoms with Crippen LogP contribution in [0.1, 0.15) is 13.3 Å². The third-order valence-electron chi connectivity index (χ3n) is 2.01. The van der Waals surface area contributed by atoms with Gasteiger partial charge in [-0.05, 0) is 14.0 Å². The van der Waals surface area contributed by atoms with Crippen molar-refractivity contribution >= 4 is 0 Å². The predicted molar refractivity (Wildman–Crippen MR) is 49.5 cm³/mol. The lowest BCUT2D eigenvalue weighted by molar-refractivity contribution is -0.0516. The second-order valence-corrected chi connectivity index (χ2v) is 3.57. The molecule has 4 heteroatoms. The molecule has 1 saturated heterocycles. The molecule has 1 aliphatic rings. The van der Waals surface area contributed by atoms with Gasteiger partial charge in [-0.25, -0.2) is 0 Å². The highest BCUT2D eigenvalue weighted by atomic mass is 16.7. The van der Waals surface area contributed by atoms with Gasteiger partial charge in [-0.2, -0.15) is 0 Å². The summed E-state index contributed by atoms with van der Waals surface area (Å²) in [7, 11) is 1.99. The summed E-state index contributed by atoms with van der Waals surface area (Å²) in [6, 6.07) is 0. The van der Waals surface area contributed by atoms with Crippen LogP contribution in [-0.2, 0) is 9.47 Å². The fourth-order valence-corrected chi connectivity index (χ4v) is 1.44. The van der Waals surface area contributed by atoms with E-state index in [1.54, 1.807) is 6.92 Å². The summed E-state index contributed by atoms with van der Waals surface area (Å²) < 4.78 is 10.6. The van der Waals surface area contributed by atoms with Crippen LogP contribution in [0.25, 0.3) is 0 Å². The molecule has 1 aliphatic heterocycles. The molecule has 0 spiro atoms. The van der Waals surface area contributed by atoms with Crippen LogP contribution in [0, 0.1) is 0 Å². The van der Waals surface area contributed by atoms with Crippen LogP contribution in [0.4, 0.5) is 0 Å². The number of rotatable bonds is 5. The van der Waals surface area contributed by atoms with Crippen LogP contribution in [0.2, 0.25) is 0 Å². The van der Waals surface area contributed by atoms with Gasteiger partial charge in [0.05, 0.1) is 19.3 Å². The summed E-state index contributed by atoms with van der Waals surface area (Å²) >= 11 is 0. The van der Waals surface area contributed by atoms with E-state index in [-0.39, 0.29) is 12.4 Å². The second kappa shape index (κ2) is 5.54. The molecule has 0 saturated carbocycles. The second-order valence-electron chi connectivity index (χ2n) is 3.57. The maximum atomic E-state index is 9.11. The van der Waals surface area contributed by atoms with Crippen molar-refractivity contribution in [2.45, 2.75) is 25.7 Å². The molecular formula is C9H19NO3. The Kier molecular flexibility index (Phi) is 4.66. The van der Waals surface area contributed by atoms with E-state index in [4.69, 9.17) is 14.6 Å². The first-order valence-electron chi connectivity index (χ1n) is 4.78. The van der Waals surface area contributed by atoms with E-state index in [1.807, 2.05) is 7.05 Å². The van der Waals surface area contributed by atoms with E-state index in [9.17, 15) is 0 Å². The molecule has 1 rings (SSSR count). The number of ether oxygens (including phenoxy) is 2. The highest BCUT2D eigenvalue weighted by molar-refractivity contribution is 4.59. The van der Waals surface area contributed by atoms with Crippen LogP contribution in [0.5, 0.6) is 0 Å². The third kappa shape index (κ3) is 4.57. The van der Waals surface area contributed by atoms with Gasteiger partial charge in [0.15, 0.2) is 6.29 Å². The minimum absolute atomic E-state index is 0.0311. The first-order chi connectivity index (χ1) is 6.18. The predicted octanol–water partition coefficient (Wildman–Crippen LogP) is 0.0620. The molecular weight excluding hydrogens is 170 g/mol. The van der Waals surface area contributed by atoms with Gasteiger partial charge < -0.3 is 19.5 Å². The number of aliphatic hydroxyl groups is 1. The summed E-state index contributed by atoms with van der Waals surface area (Å²) in [6.45, 7) is 4.82. The van der Waals surface area contributed by atoms with E-state index in [0.717, 1.165) is 13.0 Å². The van der Waals surface area contributed by atoms with Gasteiger partial charge in [-0.3, -0.25) is 0 Å². The van der Waals surface area contributed by atoms with Gasteiger partial charge in [0.2, 0.25) is 0 Å². The van der Waals surface area contributed by atoms with Crippen molar-refractivity contribution in [3.8, 4) is 0 Å². The molecule has 0 bridgehead atoms. The van der Waals surface area contributed by atoms with E-state index < -0.39 is 0 Å². The Morgan fingerprint density at radius 3 is 2.62 bits per heavy atom. The smallest absolute Gasteiger partial charge is 0.159 e. The lowest BCUT2D eigenvalue weighted by Crippen LogP contribution is -2.30. The van der Waals surface area contributed by atoms with Gasteiger partial charge in [-0.1, -0.05) is 0 Å². The minimum atomic E-state index is -0.268. The summed E-state index contributed by atoms with van der Waals surface area (Å²) in [5, 5.41) is 9.11. The molecule has 0 aromatic heterocycles. The van der Waals surface area contributed by atoms with Gasteiger partial charge >= 0.3 is 0 Å². The minimum Gasteiger partial charge on any atom is -0.392 e. The number of likely N-dealkylation sites (N-methyl/N-ethyl adjacent to an activating group) is 1.